The minimum Gasteiger partial charge on any atom is -0.481 e. The van der Waals surface area contributed by atoms with E-state index in [1.165, 1.54) is 14.2 Å². The number of hydrazone groups is 2. The van der Waals surface area contributed by atoms with Gasteiger partial charge >= 0.3 is 21.3 Å². The zero-order valence-electron chi connectivity index (χ0n) is 34.2. The molecule has 3 aromatic carbocycles. The van der Waals surface area contributed by atoms with Crippen LogP contribution in [0.4, 0.5) is 0 Å². The number of azide groups is 1. The fourth-order valence-electron chi connectivity index (χ4n) is 5.35. The molecular weight excluding hydrogens is 824 g/mol. The van der Waals surface area contributed by atoms with Gasteiger partial charge in [-0.05, 0) is 101 Å². The second kappa shape index (κ2) is 21.5. The van der Waals surface area contributed by atoms with Gasteiger partial charge in [-0.1, -0.05) is 39.3 Å². The Kier molecular flexibility index (Phi) is 18.0. The lowest BCUT2D eigenvalue weighted by molar-refractivity contribution is 0.0857. The second-order valence-electron chi connectivity index (χ2n) is 13.5. The fourth-order valence-corrected chi connectivity index (χ4v) is 10.1. The van der Waals surface area contributed by atoms with Crippen molar-refractivity contribution in [1.82, 2.24) is 9.56 Å². The number of hydrogen-bond donors (Lipinski definition) is 1. The molecule has 0 aliphatic rings. The highest BCUT2D eigenvalue weighted by Crippen LogP contribution is 2.58. The zero-order valence-corrected chi connectivity index (χ0v) is 38.5. The van der Waals surface area contributed by atoms with Crippen molar-refractivity contribution in [2.45, 2.75) is 89.5 Å². The van der Waals surface area contributed by atoms with E-state index in [1.54, 1.807) is 53.2 Å². The molecule has 0 saturated heterocycles. The molecule has 0 spiro atoms. The Balaban J connectivity index is 1.62. The Hall–Kier alpha value is -3.54. The van der Waals surface area contributed by atoms with Crippen molar-refractivity contribution in [2.75, 3.05) is 28.3 Å². The van der Waals surface area contributed by atoms with Gasteiger partial charge < -0.3 is 28.4 Å². The summed E-state index contributed by atoms with van der Waals surface area (Å²) in [4.78, 5) is 2.94. The van der Waals surface area contributed by atoms with Crippen LogP contribution in [-0.4, -0.2) is 71.8 Å². The highest BCUT2D eigenvalue weighted by molar-refractivity contribution is 8.04. The van der Waals surface area contributed by atoms with Crippen LogP contribution in [-0.2, 0) is 37.2 Å². The average Bonchev–Trinajstić information content (AvgIpc) is 3.22. The first-order chi connectivity index (χ1) is 26.9. The minimum atomic E-state index is -3.71. The summed E-state index contributed by atoms with van der Waals surface area (Å²) < 4.78 is 44.8. The predicted molar refractivity (Wildman–Crippen MR) is 237 cm³/mol. The molecule has 1 N–H and O–H groups in total. The first-order valence-electron chi connectivity index (χ1n) is 18.3. The Labute approximate surface area is 348 Å². The Morgan fingerprint density at radius 2 is 1.16 bits per heavy atom. The Bertz CT molecular complexity index is 1960. The molecule has 3 rings (SSSR count). The van der Waals surface area contributed by atoms with Gasteiger partial charge in [-0.2, -0.15) is 0 Å². The maximum atomic E-state index is 12.6. The monoisotopic (exact) mass is 877 g/mol. The number of nitrogens with zero attached hydrogens (tertiary/aromatic N) is 7. The van der Waals surface area contributed by atoms with Crippen LogP contribution in [0.15, 0.2) is 88.1 Å². The summed E-state index contributed by atoms with van der Waals surface area (Å²) in [5.41, 5.74) is 10.1. The van der Waals surface area contributed by atoms with Crippen LogP contribution in [0.25, 0.3) is 10.4 Å². The molecule has 0 saturated carbocycles. The molecule has 308 valence electrons. The lowest BCUT2D eigenvalue weighted by Crippen LogP contribution is -2.30. The summed E-state index contributed by atoms with van der Waals surface area (Å²) in [7, 11) is 2.43. The van der Waals surface area contributed by atoms with Crippen LogP contribution >= 0.6 is 21.3 Å². The van der Waals surface area contributed by atoms with E-state index in [0.29, 0.717) is 42.1 Å². The molecule has 3 aromatic rings. The molecule has 0 heterocycles. The zero-order chi connectivity index (χ0) is 42.4. The predicted octanol–water partition coefficient (Wildman–Crippen LogP) is 11.0. The van der Waals surface area contributed by atoms with E-state index in [2.05, 4.69) is 20.2 Å². The van der Waals surface area contributed by atoms with Crippen LogP contribution in [0.5, 0.6) is 17.2 Å². The molecule has 14 nitrogen and oxygen atoms in total. The molecular formula is C38H54N7O7P3S2+2. The molecule has 0 radical (unpaired) electrons. The van der Waals surface area contributed by atoms with Crippen LogP contribution in [0.2, 0.25) is 0 Å². The quantitative estimate of drug-likeness (QED) is 0.0241. The van der Waals surface area contributed by atoms with Crippen molar-refractivity contribution in [3.05, 3.63) is 99.9 Å². The maximum Gasteiger partial charge on any atom is 0.362 e. The molecule has 0 amide bonds. The third-order valence-electron chi connectivity index (χ3n) is 9.13. The van der Waals surface area contributed by atoms with Gasteiger partial charge in [-0.15, -0.1) is 19.8 Å². The molecule has 0 bridgehead atoms. The number of rotatable bonds is 23. The lowest BCUT2D eigenvalue weighted by atomic mass is 10.1. The van der Waals surface area contributed by atoms with Crippen molar-refractivity contribution >= 4 is 57.3 Å². The standard InChI is InChI=1S/C38H54N7O7P3S2/c1-11-26-36(4,42-43-39)50-32-20-14-29(15-21-32)27-40-44(7)53(56)37(5,12-2)51-33-22-16-30(17-23-33)28-41-45(8)54(57)38(6,13-3)52-34-24-18-31(19-25-34)35(46)55(47,48-9)49-10/h14-25,27-28,35,46H,11-13,26H2,1-10H3/q+2/b40-27+,41-28+/t35?,36-,37?,38?/m1/s1. The molecule has 0 fully saturated rings. The third kappa shape index (κ3) is 13.0. The van der Waals surface area contributed by atoms with Crippen molar-refractivity contribution in [2.24, 2.45) is 15.3 Å². The molecule has 0 aliphatic heterocycles. The molecule has 19 heteroatoms. The summed E-state index contributed by atoms with van der Waals surface area (Å²) in [6, 6.07) is 21.6. The summed E-state index contributed by atoms with van der Waals surface area (Å²) in [5, 5.41) is 22.2. The normalized spacial score (nSPS) is 16.1. The van der Waals surface area contributed by atoms with Gasteiger partial charge in [0, 0.05) is 45.8 Å². The van der Waals surface area contributed by atoms with E-state index in [0.717, 1.165) is 17.5 Å². The highest BCUT2D eigenvalue weighted by Gasteiger charge is 2.46. The minimum absolute atomic E-state index is 0.374. The van der Waals surface area contributed by atoms with Crippen LogP contribution in [0.3, 0.4) is 0 Å². The van der Waals surface area contributed by atoms with Crippen molar-refractivity contribution < 1.29 is 32.9 Å². The van der Waals surface area contributed by atoms with Crippen LogP contribution in [0, 0.1) is 0 Å². The smallest absolute Gasteiger partial charge is 0.362 e. The molecule has 57 heavy (non-hydrogen) atoms. The number of ether oxygens (including phenoxy) is 3. The van der Waals surface area contributed by atoms with Gasteiger partial charge in [-0.25, -0.2) is 0 Å². The van der Waals surface area contributed by atoms with Gasteiger partial charge in [0.05, 0.1) is 26.5 Å². The van der Waals surface area contributed by atoms with Crippen LogP contribution in [0.1, 0.15) is 89.8 Å². The number of aliphatic hydroxyl groups excluding tert-OH is 1. The van der Waals surface area contributed by atoms with Gasteiger partial charge in [0.25, 0.3) is 10.7 Å². The second-order valence-corrected chi connectivity index (χ2v) is 22.0. The van der Waals surface area contributed by atoms with Gasteiger partial charge in [0.15, 0.2) is 35.2 Å². The molecule has 0 aromatic heterocycles. The van der Waals surface area contributed by atoms with E-state index >= 15 is 0 Å². The molecule has 6 atom stereocenters. The number of hydrogen-bond acceptors (Lipinski definition) is 12. The van der Waals surface area contributed by atoms with E-state index in [-0.39, 0.29) is 0 Å². The molecule has 0 aliphatic carbocycles. The van der Waals surface area contributed by atoms with Gasteiger partial charge in [0.2, 0.25) is 0 Å². The number of aliphatic hydroxyl groups is 1. The Morgan fingerprint density at radius 3 is 1.51 bits per heavy atom. The summed E-state index contributed by atoms with van der Waals surface area (Å²) >= 11 is 12.0. The van der Waals surface area contributed by atoms with Gasteiger partial charge in [-0.3, -0.25) is 4.57 Å². The van der Waals surface area contributed by atoms with E-state index in [1.807, 2.05) is 97.2 Å². The first kappa shape index (κ1) is 47.8. The SMILES string of the molecule is CCC[C@](C)(N=[N+]=[N-])Oc1ccc(/C=N/N(C)[P+](=S)C(C)(CC)Oc2ccc(/C=N/N(C)[P+](=S)C(C)(CC)Oc3ccc(C(O)P(=O)(OC)OC)cc3)cc2)cc1. The van der Waals surface area contributed by atoms with E-state index in [9.17, 15) is 9.67 Å². The first-order valence-corrected chi connectivity index (χ1v) is 24.5. The number of benzene rings is 3. The Morgan fingerprint density at radius 1 is 0.772 bits per heavy atom. The average molecular weight is 878 g/mol. The van der Waals surface area contributed by atoms with Gasteiger partial charge in [0.1, 0.15) is 17.2 Å². The van der Waals surface area contributed by atoms with E-state index < -0.39 is 43.5 Å². The fraction of sp³-hybridized carbons (Fsp3) is 0.474. The largest absolute Gasteiger partial charge is 0.481 e. The van der Waals surface area contributed by atoms with E-state index in [4.69, 9.17) is 52.4 Å². The topological polar surface area (TPSA) is 163 Å². The summed E-state index contributed by atoms with van der Waals surface area (Å²) in [5.74, 6) is 0.389. The maximum absolute atomic E-state index is 12.6. The highest BCUT2D eigenvalue weighted by atomic mass is 32.4. The van der Waals surface area contributed by atoms with Crippen LogP contribution < -0.4 is 14.2 Å². The lowest BCUT2D eigenvalue weighted by Gasteiger charge is -2.25. The van der Waals surface area contributed by atoms with Crippen molar-refractivity contribution in [3.63, 3.8) is 0 Å². The third-order valence-corrected chi connectivity index (χ3v) is 18.5. The molecule has 5 unspecified atom stereocenters. The summed E-state index contributed by atoms with van der Waals surface area (Å²) in [6.45, 7) is 9.17. The summed E-state index contributed by atoms with van der Waals surface area (Å²) in [6.07, 6.45) is 6.18. The van der Waals surface area contributed by atoms with Crippen molar-refractivity contribution in [3.8, 4) is 17.2 Å². The van der Waals surface area contributed by atoms with Crippen molar-refractivity contribution in [1.29, 1.82) is 0 Å².